The summed E-state index contributed by atoms with van der Waals surface area (Å²) >= 11 is 1.33. The maximum atomic E-state index is 12.4. The fourth-order valence-corrected chi connectivity index (χ4v) is 3.56. The Labute approximate surface area is 165 Å². The minimum atomic E-state index is -0.513. The first-order valence-electron chi connectivity index (χ1n) is 8.57. The largest absolute Gasteiger partial charge is 0.465 e. The monoisotopic (exact) mass is 397 g/mol. The van der Waals surface area contributed by atoms with Gasteiger partial charge in [-0.25, -0.2) is 9.78 Å². The molecule has 0 atom stereocenters. The van der Waals surface area contributed by atoms with Crippen LogP contribution in [0.4, 0.5) is 5.69 Å². The van der Waals surface area contributed by atoms with Gasteiger partial charge in [0.1, 0.15) is 0 Å². The van der Waals surface area contributed by atoms with Crippen molar-refractivity contribution < 1.29 is 14.3 Å². The van der Waals surface area contributed by atoms with E-state index in [1.807, 2.05) is 6.07 Å². The number of para-hydroxylation sites is 2. The summed E-state index contributed by atoms with van der Waals surface area (Å²) in [7, 11) is 2.95. The zero-order valence-corrected chi connectivity index (χ0v) is 16.3. The van der Waals surface area contributed by atoms with E-state index in [4.69, 9.17) is 4.74 Å². The molecule has 0 saturated carbocycles. The number of hydrogen-bond acceptors (Lipinski definition) is 6. The van der Waals surface area contributed by atoms with Gasteiger partial charge in [0.05, 0.1) is 29.3 Å². The molecule has 3 aromatic rings. The molecule has 28 heavy (non-hydrogen) atoms. The van der Waals surface area contributed by atoms with E-state index in [9.17, 15) is 14.4 Å². The number of thioether (sulfide) groups is 1. The predicted molar refractivity (Wildman–Crippen MR) is 109 cm³/mol. The summed E-state index contributed by atoms with van der Waals surface area (Å²) < 4.78 is 6.21. The van der Waals surface area contributed by atoms with Crippen molar-refractivity contribution in [3.05, 3.63) is 64.4 Å². The lowest BCUT2D eigenvalue weighted by molar-refractivity contribution is -0.115. The molecule has 0 fully saturated rings. The number of esters is 1. The molecule has 7 nitrogen and oxygen atoms in total. The first-order chi connectivity index (χ1) is 13.5. The third-order valence-electron chi connectivity index (χ3n) is 4.11. The van der Waals surface area contributed by atoms with Crippen LogP contribution >= 0.6 is 11.8 Å². The Morgan fingerprint density at radius 2 is 1.86 bits per heavy atom. The van der Waals surface area contributed by atoms with Gasteiger partial charge in [-0.3, -0.25) is 14.2 Å². The van der Waals surface area contributed by atoms with Crippen LogP contribution in [-0.4, -0.2) is 34.3 Å². The Kier molecular flexibility index (Phi) is 6.10. The van der Waals surface area contributed by atoms with Crippen molar-refractivity contribution in [1.82, 2.24) is 9.55 Å². The molecule has 0 aliphatic carbocycles. The van der Waals surface area contributed by atoms with Crippen LogP contribution in [0, 0.1) is 0 Å². The number of amides is 1. The number of methoxy groups -OCH3 is 1. The Balaban J connectivity index is 1.65. The summed E-state index contributed by atoms with van der Waals surface area (Å²) in [5, 5.41) is 3.83. The van der Waals surface area contributed by atoms with E-state index in [-0.39, 0.29) is 17.9 Å². The molecule has 0 saturated heterocycles. The van der Waals surface area contributed by atoms with Crippen LogP contribution in [0.15, 0.2) is 58.5 Å². The topological polar surface area (TPSA) is 90.3 Å². The molecule has 1 amide bonds. The van der Waals surface area contributed by atoms with Gasteiger partial charge in [0.25, 0.3) is 5.56 Å². The molecule has 1 aromatic heterocycles. The molecule has 144 valence electrons. The Bertz CT molecular complexity index is 1090. The lowest BCUT2D eigenvalue weighted by Gasteiger charge is -2.10. The second-order valence-electron chi connectivity index (χ2n) is 5.96. The quantitative estimate of drug-likeness (QED) is 0.391. The number of fused-ring (bicyclic) bond motifs is 1. The fourth-order valence-electron chi connectivity index (χ4n) is 2.65. The van der Waals surface area contributed by atoms with Crippen LogP contribution in [0.2, 0.25) is 0 Å². The average molecular weight is 397 g/mol. The van der Waals surface area contributed by atoms with Gasteiger partial charge in [0.2, 0.25) is 5.91 Å². The summed E-state index contributed by atoms with van der Waals surface area (Å²) in [5.74, 6) is -0.319. The molecule has 0 radical (unpaired) electrons. The van der Waals surface area contributed by atoms with E-state index in [0.29, 0.717) is 33.1 Å². The molecule has 3 rings (SSSR count). The van der Waals surface area contributed by atoms with Gasteiger partial charge in [0, 0.05) is 19.2 Å². The number of rotatable bonds is 6. The highest BCUT2D eigenvalue weighted by Crippen LogP contribution is 2.19. The number of nitrogens with one attached hydrogen (secondary N) is 1. The molecule has 0 aliphatic heterocycles. The van der Waals surface area contributed by atoms with Crippen LogP contribution in [0.1, 0.15) is 16.8 Å². The van der Waals surface area contributed by atoms with Gasteiger partial charge in [-0.05, 0) is 24.3 Å². The molecule has 2 aromatic carbocycles. The summed E-state index contributed by atoms with van der Waals surface area (Å²) in [5.41, 5.74) is 1.21. The Morgan fingerprint density at radius 3 is 2.64 bits per heavy atom. The second-order valence-corrected chi connectivity index (χ2v) is 7.02. The highest BCUT2D eigenvalue weighted by Gasteiger charge is 2.14. The first-order valence-corrected chi connectivity index (χ1v) is 9.55. The van der Waals surface area contributed by atoms with Crippen molar-refractivity contribution in [2.75, 3.05) is 18.2 Å². The molecular weight excluding hydrogens is 378 g/mol. The van der Waals surface area contributed by atoms with Gasteiger partial charge in [-0.1, -0.05) is 36.0 Å². The summed E-state index contributed by atoms with van der Waals surface area (Å²) in [6, 6.07) is 13.8. The highest BCUT2D eigenvalue weighted by molar-refractivity contribution is 7.99. The first kappa shape index (κ1) is 19.6. The van der Waals surface area contributed by atoms with Crippen molar-refractivity contribution >= 4 is 40.2 Å². The van der Waals surface area contributed by atoms with Gasteiger partial charge < -0.3 is 10.1 Å². The second kappa shape index (κ2) is 8.71. The fraction of sp³-hybridized carbons (Fsp3) is 0.200. The minimum Gasteiger partial charge on any atom is -0.465 e. The molecular formula is C20H19N3O4S. The van der Waals surface area contributed by atoms with E-state index in [1.165, 1.54) is 23.4 Å². The summed E-state index contributed by atoms with van der Waals surface area (Å²) in [6.45, 7) is 0. The molecule has 1 heterocycles. The lowest BCUT2D eigenvalue weighted by atomic mass is 10.2. The third-order valence-corrected chi connectivity index (χ3v) is 5.14. The minimum absolute atomic E-state index is 0.121. The molecule has 0 unspecified atom stereocenters. The normalized spacial score (nSPS) is 10.6. The molecule has 0 bridgehead atoms. The highest BCUT2D eigenvalue weighted by atomic mass is 32.2. The third kappa shape index (κ3) is 4.23. The Hall–Kier alpha value is -3.13. The SMILES string of the molecule is COC(=O)c1ccccc1NC(=O)CCSc1nc2ccccc2c(=O)n1C. The average Bonchev–Trinajstić information content (AvgIpc) is 2.71. The van der Waals surface area contributed by atoms with Crippen LogP contribution in [-0.2, 0) is 16.6 Å². The molecule has 0 aliphatic rings. The molecule has 0 spiro atoms. The van der Waals surface area contributed by atoms with E-state index < -0.39 is 5.97 Å². The number of anilines is 1. The number of carbonyl (C=O) groups is 2. The number of hydrogen-bond donors (Lipinski definition) is 1. The predicted octanol–water partition coefficient (Wildman–Crippen LogP) is 2.84. The van der Waals surface area contributed by atoms with Crippen LogP contribution in [0.25, 0.3) is 10.9 Å². The maximum absolute atomic E-state index is 12.4. The van der Waals surface area contributed by atoms with Crippen molar-refractivity contribution in [2.45, 2.75) is 11.6 Å². The molecule has 1 N–H and O–H groups in total. The van der Waals surface area contributed by atoms with Crippen LogP contribution in [0.5, 0.6) is 0 Å². The smallest absolute Gasteiger partial charge is 0.339 e. The number of aromatic nitrogens is 2. The number of nitrogens with zero attached hydrogens (tertiary/aromatic N) is 2. The zero-order chi connectivity index (χ0) is 20.1. The maximum Gasteiger partial charge on any atom is 0.339 e. The van der Waals surface area contributed by atoms with Gasteiger partial charge in [-0.15, -0.1) is 0 Å². The lowest BCUT2D eigenvalue weighted by Crippen LogP contribution is -2.20. The van der Waals surface area contributed by atoms with E-state index in [1.54, 1.807) is 49.5 Å². The zero-order valence-electron chi connectivity index (χ0n) is 15.5. The standard InChI is InChI=1S/C20H19N3O4S/c1-23-18(25)13-7-3-5-9-15(13)22-20(23)28-12-11-17(24)21-16-10-6-4-8-14(16)19(26)27-2/h3-10H,11-12H2,1-2H3,(H,21,24). The van der Waals surface area contributed by atoms with Gasteiger partial charge >= 0.3 is 5.97 Å². The van der Waals surface area contributed by atoms with Crippen molar-refractivity contribution in [2.24, 2.45) is 7.05 Å². The van der Waals surface area contributed by atoms with Crippen LogP contribution in [0.3, 0.4) is 0 Å². The summed E-state index contributed by atoms with van der Waals surface area (Å²) in [6.07, 6.45) is 0.197. The number of ether oxygens (including phenoxy) is 1. The van der Waals surface area contributed by atoms with E-state index >= 15 is 0 Å². The van der Waals surface area contributed by atoms with Crippen molar-refractivity contribution in [1.29, 1.82) is 0 Å². The van der Waals surface area contributed by atoms with Gasteiger partial charge in [0.15, 0.2) is 5.16 Å². The Morgan fingerprint density at radius 1 is 1.14 bits per heavy atom. The van der Waals surface area contributed by atoms with E-state index in [2.05, 4.69) is 10.3 Å². The van der Waals surface area contributed by atoms with Crippen LogP contribution < -0.4 is 10.9 Å². The number of carbonyl (C=O) groups excluding carboxylic acids is 2. The van der Waals surface area contributed by atoms with Gasteiger partial charge in [-0.2, -0.15) is 0 Å². The van der Waals surface area contributed by atoms with Crippen molar-refractivity contribution in [3.8, 4) is 0 Å². The van der Waals surface area contributed by atoms with E-state index in [0.717, 1.165) is 0 Å². The summed E-state index contributed by atoms with van der Waals surface area (Å²) in [4.78, 5) is 40.9. The molecule has 8 heteroatoms. The number of benzene rings is 2. The van der Waals surface area contributed by atoms with Crippen molar-refractivity contribution in [3.63, 3.8) is 0 Å².